The molecule has 28 heavy (non-hydrogen) atoms. The zero-order valence-corrected chi connectivity index (χ0v) is 17.2. The average molecular weight is 394 g/mol. The van der Waals surface area contributed by atoms with E-state index >= 15 is 0 Å². The molecule has 0 saturated carbocycles. The Hall–Kier alpha value is -2.86. The van der Waals surface area contributed by atoms with Crippen LogP contribution in [0, 0.1) is 13.8 Å². The molecule has 0 spiro atoms. The van der Waals surface area contributed by atoms with Crippen LogP contribution in [0.1, 0.15) is 35.5 Å². The highest BCUT2D eigenvalue weighted by atomic mass is 32.1. The molecule has 0 N–H and O–H groups in total. The van der Waals surface area contributed by atoms with Gasteiger partial charge in [0.25, 0.3) is 5.91 Å². The van der Waals surface area contributed by atoms with Crippen LogP contribution in [-0.4, -0.2) is 23.7 Å². The minimum atomic E-state index is -0.0908. The van der Waals surface area contributed by atoms with Gasteiger partial charge in [-0.2, -0.15) is 0 Å². The number of rotatable bonds is 4. The van der Waals surface area contributed by atoms with Crippen molar-refractivity contribution < 1.29 is 14.3 Å². The lowest BCUT2D eigenvalue weighted by molar-refractivity contribution is 0.0976. The van der Waals surface area contributed by atoms with E-state index in [4.69, 9.17) is 9.47 Å². The molecule has 0 atom stereocenters. The van der Waals surface area contributed by atoms with E-state index < -0.39 is 0 Å². The van der Waals surface area contributed by atoms with Gasteiger partial charge >= 0.3 is 0 Å². The number of anilines is 1. The van der Waals surface area contributed by atoms with Gasteiger partial charge in [-0.1, -0.05) is 12.1 Å². The highest BCUT2D eigenvalue weighted by Crippen LogP contribution is 2.37. The van der Waals surface area contributed by atoms with Crippen molar-refractivity contribution in [1.82, 2.24) is 4.98 Å². The maximum atomic E-state index is 13.3. The number of aryl methyl sites for hydroxylation is 2. The molecule has 0 unspecified atom stereocenters. The molecule has 2 heterocycles. The smallest absolute Gasteiger partial charge is 0.278 e. The van der Waals surface area contributed by atoms with Crippen LogP contribution in [0.3, 0.4) is 0 Å². The number of ether oxygens (including phenoxy) is 2. The molecular weight excluding hydrogens is 372 g/mol. The Balaban J connectivity index is 1.67. The molecule has 0 radical (unpaired) electrons. The van der Waals surface area contributed by atoms with Crippen molar-refractivity contribution in [3.63, 3.8) is 0 Å². The van der Waals surface area contributed by atoms with E-state index in [9.17, 15) is 4.79 Å². The van der Waals surface area contributed by atoms with Crippen molar-refractivity contribution in [3.05, 3.63) is 58.6 Å². The summed E-state index contributed by atoms with van der Waals surface area (Å²) in [7, 11) is 0. The first-order valence-electron chi connectivity index (χ1n) is 9.20. The summed E-state index contributed by atoms with van der Waals surface area (Å²) >= 11 is 1.45. The third kappa shape index (κ3) is 3.36. The first-order chi connectivity index (χ1) is 13.4. The molecular formula is C22H22N2O3S. The van der Waals surface area contributed by atoms with Crippen LogP contribution in [-0.2, 0) is 0 Å². The van der Waals surface area contributed by atoms with Crippen LogP contribution in [0.15, 0.2) is 41.8 Å². The van der Waals surface area contributed by atoms with Crippen molar-refractivity contribution in [1.29, 1.82) is 0 Å². The molecule has 5 nitrogen and oxygen atoms in total. The van der Waals surface area contributed by atoms with Gasteiger partial charge in [0, 0.05) is 22.7 Å². The Morgan fingerprint density at radius 1 is 1.11 bits per heavy atom. The predicted octanol–water partition coefficient (Wildman–Crippen LogP) is 5.21. The molecule has 1 aromatic heterocycles. The SMILES string of the molecule is Cc1ccc(C)c(N(C(=O)c2csc(-c3ccc4c(c3)OCO4)n2)C(C)C)c1. The van der Waals surface area contributed by atoms with Crippen molar-refractivity contribution in [2.24, 2.45) is 0 Å². The minimum absolute atomic E-state index is 0.0173. The summed E-state index contributed by atoms with van der Waals surface area (Å²) in [5.41, 5.74) is 4.48. The van der Waals surface area contributed by atoms with E-state index in [0.717, 1.165) is 33.1 Å². The molecule has 1 aliphatic heterocycles. The number of thiazole rings is 1. The third-order valence-electron chi connectivity index (χ3n) is 4.70. The number of benzene rings is 2. The Bertz CT molecular complexity index is 1040. The second-order valence-electron chi connectivity index (χ2n) is 7.16. The normalized spacial score (nSPS) is 12.5. The van der Waals surface area contributed by atoms with Crippen LogP contribution in [0.5, 0.6) is 11.5 Å². The lowest BCUT2D eigenvalue weighted by Crippen LogP contribution is -2.37. The fourth-order valence-corrected chi connectivity index (χ4v) is 4.05. The summed E-state index contributed by atoms with van der Waals surface area (Å²) in [5.74, 6) is 1.35. The zero-order chi connectivity index (χ0) is 19.8. The number of hydrogen-bond donors (Lipinski definition) is 0. The van der Waals surface area contributed by atoms with Gasteiger partial charge in [0.2, 0.25) is 6.79 Å². The summed E-state index contributed by atoms with van der Waals surface area (Å²) < 4.78 is 10.8. The Labute approximate surface area is 168 Å². The van der Waals surface area contributed by atoms with E-state index in [0.29, 0.717) is 11.4 Å². The molecule has 1 amide bonds. The molecule has 0 aliphatic carbocycles. The third-order valence-corrected chi connectivity index (χ3v) is 5.59. The standard InChI is InChI=1S/C22H22N2O3S/c1-13(2)24(18-9-14(3)5-6-15(18)4)22(25)17-11-28-21(23-17)16-7-8-19-20(10-16)27-12-26-19/h5-11,13H,12H2,1-4H3. The number of hydrogen-bond acceptors (Lipinski definition) is 5. The number of carbonyl (C=O) groups excluding carboxylic acids is 1. The summed E-state index contributed by atoms with van der Waals surface area (Å²) in [4.78, 5) is 19.7. The maximum Gasteiger partial charge on any atom is 0.278 e. The van der Waals surface area contributed by atoms with Crippen molar-refractivity contribution in [2.75, 3.05) is 11.7 Å². The van der Waals surface area contributed by atoms with Gasteiger partial charge in [0.15, 0.2) is 11.5 Å². The molecule has 3 aromatic rings. The summed E-state index contributed by atoms with van der Waals surface area (Å²) in [5, 5.41) is 2.61. The van der Waals surface area contributed by atoms with Gasteiger partial charge in [-0.15, -0.1) is 11.3 Å². The molecule has 0 fully saturated rings. The highest BCUT2D eigenvalue weighted by molar-refractivity contribution is 7.13. The van der Waals surface area contributed by atoms with Crippen molar-refractivity contribution in [2.45, 2.75) is 33.7 Å². The number of nitrogens with zero attached hydrogens (tertiary/aromatic N) is 2. The molecule has 6 heteroatoms. The molecule has 0 bridgehead atoms. The monoisotopic (exact) mass is 394 g/mol. The maximum absolute atomic E-state index is 13.3. The second-order valence-corrected chi connectivity index (χ2v) is 8.02. The number of aromatic nitrogens is 1. The largest absolute Gasteiger partial charge is 0.454 e. The molecule has 1 aliphatic rings. The zero-order valence-electron chi connectivity index (χ0n) is 16.4. The van der Waals surface area contributed by atoms with Gasteiger partial charge in [-0.05, 0) is 63.1 Å². The van der Waals surface area contributed by atoms with E-state index in [2.05, 4.69) is 17.1 Å². The van der Waals surface area contributed by atoms with Gasteiger partial charge < -0.3 is 14.4 Å². The average Bonchev–Trinajstić information content (AvgIpc) is 3.32. The second kappa shape index (κ2) is 7.28. The van der Waals surface area contributed by atoms with Gasteiger partial charge in [0.1, 0.15) is 10.7 Å². The van der Waals surface area contributed by atoms with Gasteiger partial charge in [-0.25, -0.2) is 4.98 Å². The van der Waals surface area contributed by atoms with Crippen LogP contribution in [0.25, 0.3) is 10.6 Å². The van der Waals surface area contributed by atoms with Crippen LogP contribution >= 0.6 is 11.3 Å². The fourth-order valence-electron chi connectivity index (χ4n) is 3.26. The Morgan fingerprint density at radius 3 is 2.68 bits per heavy atom. The van der Waals surface area contributed by atoms with E-state index in [1.165, 1.54) is 11.3 Å². The van der Waals surface area contributed by atoms with Crippen LogP contribution in [0.4, 0.5) is 5.69 Å². The molecule has 2 aromatic carbocycles. The van der Waals surface area contributed by atoms with E-state index in [1.54, 1.807) is 0 Å². The van der Waals surface area contributed by atoms with Crippen molar-refractivity contribution in [3.8, 4) is 22.1 Å². The van der Waals surface area contributed by atoms with E-state index in [-0.39, 0.29) is 18.7 Å². The Kier molecular flexibility index (Phi) is 4.81. The van der Waals surface area contributed by atoms with Crippen molar-refractivity contribution >= 4 is 22.9 Å². The van der Waals surface area contributed by atoms with Gasteiger partial charge in [0.05, 0.1) is 0 Å². The fraction of sp³-hybridized carbons (Fsp3) is 0.273. The lowest BCUT2D eigenvalue weighted by Gasteiger charge is -2.28. The molecule has 0 saturated heterocycles. The van der Waals surface area contributed by atoms with Gasteiger partial charge in [-0.3, -0.25) is 4.79 Å². The Morgan fingerprint density at radius 2 is 1.89 bits per heavy atom. The summed E-state index contributed by atoms with van der Waals surface area (Å²) in [6, 6.07) is 11.9. The number of amides is 1. The highest BCUT2D eigenvalue weighted by Gasteiger charge is 2.25. The number of carbonyl (C=O) groups is 1. The summed E-state index contributed by atoms with van der Waals surface area (Å²) in [6.45, 7) is 8.33. The number of fused-ring (bicyclic) bond motifs is 1. The summed E-state index contributed by atoms with van der Waals surface area (Å²) in [6.07, 6.45) is 0. The van der Waals surface area contributed by atoms with Crippen LogP contribution in [0.2, 0.25) is 0 Å². The lowest BCUT2D eigenvalue weighted by atomic mass is 10.1. The predicted molar refractivity (Wildman–Crippen MR) is 112 cm³/mol. The first-order valence-corrected chi connectivity index (χ1v) is 10.1. The van der Waals surface area contributed by atoms with E-state index in [1.807, 2.05) is 62.2 Å². The van der Waals surface area contributed by atoms with Crippen LogP contribution < -0.4 is 14.4 Å². The molecule has 144 valence electrons. The molecule has 4 rings (SSSR count). The quantitative estimate of drug-likeness (QED) is 0.609. The minimum Gasteiger partial charge on any atom is -0.454 e. The topological polar surface area (TPSA) is 51.7 Å². The first kappa shape index (κ1) is 18.5.